The Morgan fingerprint density at radius 3 is 2.82 bits per heavy atom. The third-order valence-corrected chi connectivity index (χ3v) is 3.01. The molecule has 1 amide bonds. The van der Waals surface area contributed by atoms with Crippen LogP contribution in [0.4, 0.5) is 0 Å². The van der Waals surface area contributed by atoms with Gasteiger partial charge >= 0.3 is 0 Å². The Morgan fingerprint density at radius 1 is 1.59 bits per heavy atom. The zero-order valence-electron chi connectivity index (χ0n) is 10.5. The predicted molar refractivity (Wildman–Crippen MR) is 68.4 cm³/mol. The maximum atomic E-state index is 11.6. The lowest BCUT2D eigenvalue weighted by molar-refractivity contribution is 0.0951. The van der Waals surface area contributed by atoms with Crippen LogP contribution >= 0.6 is 11.6 Å². The highest BCUT2D eigenvalue weighted by molar-refractivity contribution is 6.32. The second-order valence-electron chi connectivity index (χ2n) is 4.29. The number of hydrogen-bond donors (Lipinski definition) is 1. The first-order valence-corrected chi connectivity index (χ1v) is 6.11. The molecule has 0 aliphatic rings. The van der Waals surface area contributed by atoms with Crippen molar-refractivity contribution in [1.29, 1.82) is 0 Å². The van der Waals surface area contributed by atoms with Gasteiger partial charge in [-0.15, -0.1) is 0 Å². The molecule has 0 bridgehead atoms. The van der Waals surface area contributed by atoms with E-state index in [0.29, 0.717) is 18.2 Å². The van der Waals surface area contributed by atoms with Crippen LogP contribution in [0, 0.1) is 0 Å². The van der Waals surface area contributed by atoms with Crippen molar-refractivity contribution >= 4 is 17.5 Å². The number of amides is 1. The van der Waals surface area contributed by atoms with Gasteiger partial charge in [0.1, 0.15) is 0 Å². The van der Waals surface area contributed by atoms with Crippen LogP contribution in [0.5, 0.6) is 0 Å². The fraction of sp³-hybridized carbons (Fsp3) is 0.583. The third-order valence-electron chi connectivity index (χ3n) is 2.72. The van der Waals surface area contributed by atoms with Gasteiger partial charge in [0.2, 0.25) is 5.22 Å². The Labute approximate surface area is 107 Å². The highest BCUT2D eigenvalue weighted by Crippen LogP contribution is 2.15. The third kappa shape index (κ3) is 4.40. The number of carbonyl (C=O) groups excluding carboxylic acids is 1. The molecule has 0 saturated heterocycles. The molecule has 0 aromatic carbocycles. The summed E-state index contributed by atoms with van der Waals surface area (Å²) in [6.07, 6.45) is 2.32. The molecule has 0 atom stereocenters. The molecule has 1 heterocycles. The molecule has 96 valence electrons. The zero-order chi connectivity index (χ0) is 12.8. The molecule has 1 rings (SSSR count). The Balaban J connectivity index is 2.24. The number of nitrogens with zero attached hydrogens (tertiary/aromatic N) is 1. The Kier molecular flexibility index (Phi) is 5.51. The maximum absolute atomic E-state index is 11.6. The molecule has 0 aliphatic heterocycles. The molecule has 5 heteroatoms. The SMILES string of the molecule is CC(C)N(C)CCCNC(=O)c1ccoc1Cl. The van der Waals surface area contributed by atoms with Gasteiger partial charge in [0, 0.05) is 12.6 Å². The average Bonchev–Trinajstić information content (AvgIpc) is 2.70. The molecule has 0 radical (unpaired) electrons. The van der Waals surface area contributed by atoms with Gasteiger partial charge in [-0.05, 0) is 51.5 Å². The lowest BCUT2D eigenvalue weighted by Crippen LogP contribution is -2.31. The van der Waals surface area contributed by atoms with Gasteiger partial charge in [0.15, 0.2) is 0 Å². The summed E-state index contributed by atoms with van der Waals surface area (Å²) < 4.78 is 4.86. The first-order valence-electron chi connectivity index (χ1n) is 5.73. The topological polar surface area (TPSA) is 45.5 Å². The van der Waals surface area contributed by atoms with Gasteiger partial charge in [0.05, 0.1) is 11.8 Å². The van der Waals surface area contributed by atoms with E-state index in [9.17, 15) is 4.79 Å². The monoisotopic (exact) mass is 258 g/mol. The van der Waals surface area contributed by atoms with Crippen LogP contribution in [-0.2, 0) is 0 Å². The molecule has 0 fully saturated rings. The highest BCUT2D eigenvalue weighted by Gasteiger charge is 2.12. The van der Waals surface area contributed by atoms with Crippen LogP contribution in [-0.4, -0.2) is 37.0 Å². The maximum Gasteiger partial charge on any atom is 0.256 e. The first kappa shape index (κ1) is 14.1. The van der Waals surface area contributed by atoms with Crippen LogP contribution in [0.3, 0.4) is 0 Å². The van der Waals surface area contributed by atoms with Crippen LogP contribution in [0.15, 0.2) is 16.7 Å². The van der Waals surface area contributed by atoms with Crippen molar-refractivity contribution in [3.8, 4) is 0 Å². The molecule has 1 aromatic rings. The zero-order valence-corrected chi connectivity index (χ0v) is 11.3. The number of hydrogen-bond acceptors (Lipinski definition) is 3. The number of carbonyl (C=O) groups is 1. The molecule has 0 saturated carbocycles. The van der Waals surface area contributed by atoms with E-state index in [-0.39, 0.29) is 11.1 Å². The van der Waals surface area contributed by atoms with Crippen molar-refractivity contribution < 1.29 is 9.21 Å². The minimum absolute atomic E-state index is 0.141. The second-order valence-corrected chi connectivity index (χ2v) is 4.64. The molecule has 17 heavy (non-hydrogen) atoms. The molecular weight excluding hydrogens is 240 g/mol. The van der Waals surface area contributed by atoms with Gasteiger partial charge < -0.3 is 14.6 Å². The summed E-state index contributed by atoms with van der Waals surface area (Å²) in [5.41, 5.74) is 0.392. The minimum Gasteiger partial charge on any atom is -0.452 e. The van der Waals surface area contributed by atoms with Gasteiger partial charge in [-0.1, -0.05) is 0 Å². The fourth-order valence-corrected chi connectivity index (χ4v) is 1.54. The average molecular weight is 259 g/mol. The summed E-state index contributed by atoms with van der Waals surface area (Å²) in [6, 6.07) is 2.09. The number of halogens is 1. The van der Waals surface area contributed by atoms with Crippen LogP contribution < -0.4 is 5.32 Å². The Hall–Kier alpha value is -1.00. The van der Waals surface area contributed by atoms with Crippen LogP contribution in [0.1, 0.15) is 30.6 Å². The van der Waals surface area contributed by atoms with Crippen molar-refractivity contribution in [2.75, 3.05) is 20.1 Å². The lowest BCUT2D eigenvalue weighted by atomic mass is 10.3. The van der Waals surface area contributed by atoms with Crippen molar-refractivity contribution in [1.82, 2.24) is 10.2 Å². The lowest BCUT2D eigenvalue weighted by Gasteiger charge is -2.20. The molecule has 4 nitrogen and oxygen atoms in total. The number of furan rings is 1. The van der Waals surface area contributed by atoms with Gasteiger partial charge in [0.25, 0.3) is 5.91 Å². The van der Waals surface area contributed by atoms with E-state index in [0.717, 1.165) is 13.0 Å². The van der Waals surface area contributed by atoms with E-state index in [2.05, 4.69) is 31.1 Å². The summed E-state index contributed by atoms with van der Waals surface area (Å²) in [7, 11) is 2.07. The smallest absolute Gasteiger partial charge is 0.256 e. The standard InChI is InChI=1S/C12H19ClN2O2/c1-9(2)15(3)7-4-6-14-12(16)10-5-8-17-11(10)13/h5,8-9H,4,6-7H2,1-3H3,(H,14,16). The molecule has 1 N–H and O–H groups in total. The van der Waals surface area contributed by atoms with E-state index in [1.54, 1.807) is 6.07 Å². The van der Waals surface area contributed by atoms with E-state index in [1.807, 2.05) is 0 Å². The number of rotatable bonds is 6. The van der Waals surface area contributed by atoms with Gasteiger partial charge in [-0.2, -0.15) is 0 Å². The molecule has 0 aliphatic carbocycles. The van der Waals surface area contributed by atoms with E-state index in [1.165, 1.54) is 6.26 Å². The van der Waals surface area contributed by atoms with Crippen molar-refractivity contribution in [3.05, 3.63) is 23.1 Å². The van der Waals surface area contributed by atoms with Crippen molar-refractivity contribution in [3.63, 3.8) is 0 Å². The summed E-state index contributed by atoms with van der Waals surface area (Å²) in [5.74, 6) is -0.184. The summed E-state index contributed by atoms with van der Waals surface area (Å²) in [5, 5.41) is 2.95. The molecule has 0 unspecified atom stereocenters. The fourth-order valence-electron chi connectivity index (χ4n) is 1.34. The quantitative estimate of drug-likeness (QED) is 0.797. The van der Waals surface area contributed by atoms with Crippen molar-refractivity contribution in [2.45, 2.75) is 26.3 Å². The Bertz CT molecular complexity index is 363. The second kappa shape index (κ2) is 6.67. The Morgan fingerprint density at radius 2 is 2.29 bits per heavy atom. The van der Waals surface area contributed by atoms with E-state index >= 15 is 0 Å². The first-order chi connectivity index (χ1) is 8.02. The normalized spacial score (nSPS) is 11.2. The molecular formula is C12H19ClN2O2. The number of nitrogens with one attached hydrogen (secondary N) is 1. The summed E-state index contributed by atoms with van der Waals surface area (Å²) in [6.45, 7) is 5.88. The summed E-state index contributed by atoms with van der Waals surface area (Å²) in [4.78, 5) is 13.9. The van der Waals surface area contributed by atoms with Crippen LogP contribution in [0.25, 0.3) is 0 Å². The summed E-state index contributed by atoms with van der Waals surface area (Å²) >= 11 is 5.70. The largest absolute Gasteiger partial charge is 0.452 e. The molecule has 1 aromatic heterocycles. The predicted octanol–water partition coefficient (Wildman–Crippen LogP) is 2.39. The van der Waals surface area contributed by atoms with Crippen molar-refractivity contribution in [2.24, 2.45) is 0 Å². The van der Waals surface area contributed by atoms with Gasteiger partial charge in [-0.25, -0.2) is 0 Å². The van der Waals surface area contributed by atoms with Crippen LogP contribution in [0.2, 0.25) is 5.22 Å². The van der Waals surface area contributed by atoms with Gasteiger partial charge in [-0.3, -0.25) is 4.79 Å². The highest BCUT2D eigenvalue weighted by atomic mass is 35.5. The minimum atomic E-state index is -0.184. The molecule has 0 spiro atoms. The van der Waals surface area contributed by atoms with E-state index < -0.39 is 0 Å². The van der Waals surface area contributed by atoms with E-state index in [4.69, 9.17) is 16.0 Å².